The molecule has 2 nitrogen and oxygen atoms in total. The molecule has 0 aliphatic carbocycles. The van der Waals surface area contributed by atoms with Gasteiger partial charge in [0.15, 0.2) is 0 Å². The smallest absolute Gasteiger partial charge is 0.0717 e. The zero-order valence-corrected chi connectivity index (χ0v) is 12.5. The summed E-state index contributed by atoms with van der Waals surface area (Å²) in [7, 11) is 0. The average Bonchev–Trinajstić information content (AvgIpc) is 2.47. The SMILES string of the molecule is CCCCCCCOCc1cccc(C#CCCO)c1. The summed E-state index contributed by atoms with van der Waals surface area (Å²) in [6, 6.07) is 8.11. The number of hydrogen-bond donors (Lipinski definition) is 1. The van der Waals surface area contributed by atoms with Gasteiger partial charge in [0, 0.05) is 18.6 Å². The molecular weight excluding hydrogens is 248 g/mol. The average molecular weight is 274 g/mol. The Bertz CT molecular complexity index is 415. The van der Waals surface area contributed by atoms with Crippen LogP contribution in [0.3, 0.4) is 0 Å². The Morgan fingerprint density at radius 2 is 2.00 bits per heavy atom. The molecule has 1 aromatic rings. The molecule has 110 valence electrons. The van der Waals surface area contributed by atoms with Gasteiger partial charge in [-0.1, -0.05) is 56.6 Å². The van der Waals surface area contributed by atoms with Crippen LogP contribution < -0.4 is 0 Å². The van der Waals surface area contributed by atoms with Crippen molar-refractivity contribution in [3.63, 3.8) is 0 Å². The van der Waals surface area contributed by atoms with Gasteiger partial charge in [-0.3, -0.25) is 0 Å². The normalized spacial score (nSPS) is 10.1. The number of aliphatic hydroxyl groups excluding tert-OH is 1. The highest BCUT2D eigenvalue weighted by atomic mass is 16.5. The highest BCUT2D eigenvalue weighted by molar-refractivity contribution is 5.36. The van der Waals surface area contributed by atoms with E-state index in [1.54, 1.807) is 0 Å². The van der Waals surface area contributed by atoms with E-state index in [4.69, 9.17) is 9.84 Å². The summed E-state index contributed by atoms with van der Waals surface area (Å²) in [5.41, 5.74) is 2.15. The lowest BCUT2D eigenvalue weighted by atomic mass is 10.1. The molecule has 0 aliphatic rings. The van der Waals surface area contributed by atoms with E-state index >= 15 is 0 Å². The lowest BCUT2D eigenvalue weighted by Gasteiger charge is -2.05. The van der Waals surface area contributed by atoms with Crippen LogP contribution in [0, 0.1) is 11.8 Å². The van der Waals surface area contributed by atoms with E-state index < -0.39 is 0 Å². The third-order valence-electron chi connectivity index (χ3n) is 3.06. The Hall–Kier alpha value is -1.30. The summed E-state index contributed by atoms with van der Waals surface area (Å²) in [5, 5.41) is 8.70. The number of rotatable bonds is 9. The second-order valence-corrected chi connectivity index (χ2v) is 4.94. The van der Waals surface area contributed by atoms with Crippen LogP contribution in [0.1, 0.15) is 56.6 Å². The van der Waals surface area contributed by atoms with Crippen molar-refractivity contribution in [2.75, 3.05) is 13.2 Å². The zero-order valence-electron chi connectivity index (χ0n) is 12.5. The van der Waals surface area contributed by atoms with E-state index in [1.165, 1.54) is 25.7 Å². The van der Waals surface area contributed by atoms with Crippen molar-refractivity contribution in [3.05, 3.63) is 35.4 Å². The summed E-state index contributed by atoms with van der Waals surface area (Å²) >= 11 is 0. The van der Waals surface area contributed by atoms with E-state index in [-0.39, 0.29) is 6.61 Å². The van der Waals surface area contributed by atoms with Crippen LogP contribution in [0.5, 0.6) is 0 Å². The topological polar surface area (TPSA) is 29.5 Å². The number of unbranched alkanes of at least 4 members (excludes halogenated alkanes) is 4. The molecule has 0 unspecified atom stereocenters. The summed E-state index contributed by atoms with van der Waals surface area (Å²) in [6.07, 6.45) is 6.87. The molecule has 0 aromatic heterocycles. The minimum Gasteiger partial charge on any atom is -0.395 e. The number of aliphatic hydroxyl groups is 1. The Labute approximate surface area is 123 Å². The fourth-order valence-corrected chi connectivity index (χ4v) is 1.96. The molecule has 0 radical (unpaired) electrons. The van der Waals surface area contributed by atoms with E-state index in [0.717, 1.165) is 24.2 Å². The molecule has 0 atom stereocenters. The van der Waals surface area contributed by atoms with Crippen LogP contribution in [0.25, 0.3) is 0 Å². The minimum atomic E-state index is 0.119. The predicted octanol–water partition coefficient (Wildman–Crippen LogP) is 3.91. The Morgan fingerprint density at radius 3 is 2.80 bits per heavy atom. The maximum absolute atomic E-state index is 8.70. The van der Waals surface area contributed by atoms with Crippen molar-refractivity contribution >= 4 is 0 Å². The largest absolute Gasteiger partial charge is 0.395 e. The van der Waals surface area contributed by atoms with Gasteiger partial charge in [-0.2, -0.15) is 0 Å². The Morgan fingerprint density at radius 1 is 1.15 bits per heavy atom. The van der Waals surface area contributed by atoms with Crippen LogP contribution in [0.4, 0.5) is 0 Å². The van der Waals surface area contributed by atoms with Gasteiger partial charge in [0.25, 0.3) is 0 Å². The lowest BCUT2D eigenvalue weighted by molar-refractivity contribution is 0.116. The van der Waals surface area contributed by atoms with Crippen LogP contribution in [0.2, 0.25) is 0 Å². The van der Waals surface area contributed by atoms with Crippen molar-refractivity contribution in [2.45, 2.75) is 52.1 Å². The van der Waals surface area contributed by atoms with E-state index in [9.17, 15) is 0 Å². The van der Waals surface area contributed by atoms with Crippen LogP contribution in [-0.2, 0) is 11.3 Å². The van der Waals surface area contributed by atoms with Gasteiger partial charge in [-0.15, -0.1) is 0 Å². The molecule has 2 heteroatoms. The molecule has 0 spiro atoms. The summed E-state index contributed by atoms with van der Waals surface area (Å²) in [4.78, 5) is 0. The predicted molar refractivity (Wildman–Crippen MR) is 83.4 cm³/mol. The van der Waals surface area contributed by atoms with Crippen molar-refractivity contribution in [2.24, 2.45) is 0 Å². The van der Waals surface area contributed by atoms with Gasteiger partial charge in [0.1, 0.15) is 0 Å². The van der Waals surface area contributed by atoms with Gasteiger partial charge >= 0.3 is 0 Å². The second kappa shape index (κ2) is 11.5. The molecule has 0 amide bonds. The molecule has 0 aliphatic heterocycles. The first-order valence-electron chi connectivity index (χ1n) is 7.63. The lowest BCUT2D eigenvalue weighted by Crippen LogP contribution is -1.96. The quantitative estimate of drug-likeness (QED) is 0.546. The molecule has 0 fully saturated rings. The van der Waals surface area contributed by atoms with Crippen molar-refractivity contribution in [1.82, 2.24) is 0 Å². The highest BCUT2D eigenvalue weighted by Gasteiger charge is 1.95. The summed E-state index contributed by atoms with van der Waals surface area (Å²) in [5.74, 6) is 5.98. The molecule has 0 saturated heterocycles. The number of ether oxygens (including phenoxy) is 1. The molecule has 0 heterocycles. The number of hydrogen-bond acceptors (Lipinski definition) is 2. The first-order chi connectivity index (χ1) is 9.86. The standard InChI is InChI=1S/C18H26O2/c1-2-3-4-5-8-14-20-16-18-12-9-11-17(15-18)10-6-7-13-19/h9,11-12,15,19H,2-5,7-8,13-14,16H2,1H3. The third kappa shape index (κ3) is 7.99. The molecular formula is C18H26O2. The first kappa shape index (κ1) is 16.8. The van der Waals surface area contributed by atoms with Crippen LogP contribution in [-0.4, -0.2) is 18.3 Å². The van der Waals surface area contributed by atoms with Gasteiger partial charge in [-0.25, -0.2) is 0 Å². The Balaban J connectivity index is 2.23. The molecule has 1 N–H and O–H groups in total. The van der Waals surface area contributed by atoms with Crippen LogP contribution in [0.15, 0.2) is 24.3 Å². The van der Waals surface area contributed by atoms with Gasteiger partial charge in [-0.05, 0) is 24.1 Å². The molecule has 20 heavy (non-hydrogen) atoms. The first-order valence-corrected chi connectivity index (χ1v) is 7.63. The van der Waals surface area contributed by atoms with Crippen LogP contribution >= 0.6 is 0 Å². The van der Waals surface area contributed by atoms with Crippen molar-refractivity contribution in [3.8, 4) is 11.8 Å². The molecule has 0 saturated carbocycles. The fourth-order valence-electron chi connectivity index (χ4n) is 1.96. The maximum Gasteiger partial charge on any atom is 0.0717 e. The highest BCUT2D eigenvalue weighted by Crippen LogP contribution is 2.07. The van der Waals surface area contributed by atoms with Gasteiger partial charge < -0.3 is 9.84 Å². The summed E-state index contributed by atoms with van der Waals surface area (Å²) in [6.45, 7) is 3.84. The van der Waals surface area contributed by atoms with Crippen molar-refractivity contribution in [1.29, 1.82) is 0 Å². The van der Waals surface area contributed by atoms with Gasteiger partial charge in [0.05, 0.1) is 13.2 Å². The Kier molecular flexibility index (Phi) is 9.65. The van der Waals surface area contributed by atoms with E-state index in [2.05, 4.69) is 30.9 Å². The molecule has 1 rings (SSSR count). The monoisotopic (exact) mass is 274 g/mol. The zero-order chi connectivity index (χ0) is 14.5. The number of benzene rings is 1. The molecule has 1 aromatic carbocycles. The molecule has 0 bridgehead atoms. The third-order valence-corrected chi connectivity index (χ3v) is 3.06. The van der Waals surface area contributed by atoms with Gasteiger partial charge in [0.2, 0.25) is 0 Å². The van der Waals surface area contributed by atoms with Crippen molar-refractivity contribution < 1.29 is 9.84 Å². The maximum atomic E-state index is 8.70. The second-order valence-electron chi connectivity index (χ2n) is 4.94. The van der Waals surface area contributed by atoms with E-state index in [0.29, 0.717) is 13.0 Å². The minimum absolute atomic E-state index is 0.119. The fraction of sp³-hybridized carbons (Fsp3) is 0.556. The summed E-state index contributed by atoms with van der Waals surface area (Å²) < 4.78 is 5.69. The van der Waals surface area contributed by atoms with E-state index in [1.807, 2.05) is 12.1 Å².